The molecule has 6 heteroatoms. The molecule has 0 unspecified atom stereocenters. The summed E-state index contributed by atoms with van der Waals surface area (Å²) in [7, 11) is 0. The van der Waals surface area contributed by atoms with E-state index in [1.807, 2.05) is 30.3 Å². The van der Waals surface area contributed by atoms with Crippen LogP contribution in [0.4, 0.5) is 5.13 Å². The molecule has 0 aliphatic rings. The number of benzene rings is 1. The molecule has 2 rings (SSSR count). The summed E-state index contributed by atoms with van der Waals surface area (Å²) in [5.74, 6) is -0.874. The van der Waals surface area contributed by atoms with Crippen LogP contribution in [0.2, 0.25) is 0 Å². The Hall–Kier alpha value is -1.72. The van der Waals surface area contributed by atoms with Crippen LogP contribution in [-0.2, 0) is 9.59 Å². The van der Waals surface area contributed by atoms with Gasteiger partial charge in [0.1, 0.15) is 0 Å². The van der Waals surface area contributed by atoms with Crippen LogP contribution >= 0.6 is 22.9 Å². The molecular weight excluding hydrogens is 260 g/mol. The Balaban J connectivity index is 2.17. The molecule has 0 atom stereocenters. The Labute approximate surface area is 106 Å². The molecule has 1 aromatic carbocycles. The zero-order valence-electron chi connectivity index (χ0n) is 8.51. The normalized spacial score (nSPS) is 9.94. The number of carbonyl (C=O) groups is 2. The highest BCUT2D eigenvalue weighted by Gasteiger charge is 2.12. The van der Waals surface area contributed by atoms with Crippen molar-refractivity contribution in [2.24, 2.45) is 0 Å². The second-order valence-electron chi connectivity index (χ2n) is 3.13. The first-order valence-corrected chi connectivity index (χ1v) is 5.94. The maximum atomic E-state index is 11.0. The first-order valence-electron chi connectivity index (χ1n) is 4.68. The standard InChI is InChI=1S/C11H7ClN2O2S/c12-9(15)10(16)14-11-13-8(6-17-11)7-4-2-1-3-5-7/h1-6H,(H,13,14,16). The summed E-state index contributed by atoms with van der Waals surface area (Å²) in [5.41, 5.74) is 1.69. The molecule has 86 valence electrons. The van der Waals surface area contributed by atoms with Gasteiger partial charge in [-0.3, -0.25) is 14.9 Å². The highest BCUT2D eigenvalue weighted by atomic mass is 35.5. The minimum atomic E-state index is -1.05. The zero-order valence-corrected chi connectivity index (χ0v) is 10.1. The van der Waals surface area contributed by atoms with Gasteiger partial charge >= 0.3 is 11.1 Å². The SMILES string of the molecule is O=C(Cl)C(=O)Nc1nc(-c2ccccc2)cs1. The largest absolute Gasteiger partial charge is 0.310 e. The number of amides is 1. The summed E-state index contributed by atoms with van der Waals surface area (Å²) in [4.78, 5) is 25.8. The van der Waals surface area contributed by atoms with Gasteiger partial charge in [0.15, 0.2) is 5.13 Å². The molecule has 1 aromatic heterocycles. The van der Waals surface area contributed by atoms with E-state index < -0.39 is 11.1 Å². The Morgan fingerprint density at radius 3 is 2.59 bits per heavy atom. The number of nitrogens with zero attached hydrogens (tertiary/aromatic N) is 1. The maximum Gasteiger partial charge on any atom is 0.310 e. The predicted octanol–water partition coefficient (Wildman–Crippen LogP) is 2.51. The molecule has 1 N–H and O–H groups in total. The van der Waals surface area contributed by atoms with Crippen LogP contribution in [0.1, 0.15) is 0 Å². The zero-order chi connectivity index (χ0) is 12.3. The second-order valence-corrected chi connectivity index (χ2v) is 4.33. The average Bonchev–Trinajstić information content (AvgIpc) is 2.78. The summed E-state index contributed by atoms with van der Waals surface area (Å²) in [6.07, 6.45) is 0. The average molecular weight is 267 g/mol. The number of thiazole rings is 1. The summed E-state index contributed by atoms with van der Waals surface area (Å²) in [5, 5.41) is 3.41. The van der Waals surface area contributed by atoms with Crippen molar-refractivity contribution >= 4 is 39.2 Å². The fourth-order valence-electron chi connectivity index (χ4n) is 1.22. The van der Waals surface area contributed by atoms with Crippen LogP contribution in [0, 0.1) is 0 Å². The first-order chi connectivity index (χ1) is 8.16. The molecule has 1 amide bonds. The van der Waals surface area contributed by atoms with Gasteiger partial charge in [-0.2, -0.15) is 0 Å². The van der Waals surface area contributed by atoms with Crippen molar-refractivity contribution in [1.82, 2.24) is 4.98 Å². The summed E-state index contributed by atoms with van der Waals surface area (Å²) in [6, 6.07) is 9.52. The van der Waals surface area contributed by atoms with Gasteiger partial charge in [-0.1, -0.05) is 30.3 Å². The third kappa shape index (κ3) is 2.89. The van der Waals surface area contributed by atoms with Crippen molar-refractivity contribution < 1.29 is 9.59 Å². The number of rotatable bonds is 3. The Kier molecular flexibility index (Phi) is 3.51. The molecular formula is C11H7ClN2O2S. The van der Waals surface area contributed by atoms with Crippen LogP contribution in [0.25, 0.3) is 11.3 Å². The lowest BCUT2D eigenvalue weighted by Gasteiger charge is -1.96. The molecule has 2 aromatic rings. The minimum Gasteiger partial charge on any atom is -0.294 e. The van der Waals surface area contributed by atoms with E-state index in [0.29, 0.717) is 5.13 Å². The van der Waals surface area contributed by atoms with E-state index in [-0.39, 0.29) is 0 Å². The van der Waals surface area contributed by atoms with E-state index in [9.17, 15) is 9.59 Å². The van der Waals surface area contributed by atoms with Crippen molar-refractivity contribution in [1.29, 1.82) is 0 Å². The van der Waals surface area contributed by atoms with Crippen molar-refractivity contribution in [3.8, 4) is 11.3 Å². The van der Waals surface area contributed by atoms with E-state index >= 15 is 0 Å². The lowest BCUT2D eigenvalue weighted by atomic mass is 10.2. The van der Waals surface area contributed by atoms with Gasteiger partial charge < -0.3 is 0 Å². The summed E-state index contributed by atoms with van der Waals surface area (Å²) in [6.45, 7) is 0. The topological polar surface area (TPSA) is 59.1 Å². The van der Waals surface area contributed by atoms with Crippen LogP contribution in [0.5, 0.6) is 0 Å². The molecule has 0 radical (unpaired) electrons. The second kappa shape index (κ2) is 5.07. The molecule has 0 bridgehead atoms. The van der Waals surface area contributed by atoms with Gasteiger partial charge in [0, 0.05) is 10.9 Å². The smallest absolute Gasteiger partial charge is 0.294 e. The van der Waals surface area contributed by atoms with Crippen molar-refractivity contribution in [2.45, 2.75) is 0 Å². The van der Waals surface area contributed by atoms with Crippen LogP contribution < -0.4 is 5.32 Å². The first kappa shape index (κ1) is 11.8. The molecule has 1 heterocycles. The number of halogens is 1. The molecule has 4 nitrogen and oxygen atoms in total. The third-order valence-electron chi connectivity index (χ3n) is 1.97. The minimum absolute atomic E-state index is 0.350. The van der Waals surface area contributed by atoms with Gasteiger partial charge in [-0.05, 0) is 11.6 Å². The van der Waals surface area contributed by atoms with Crippen LogP contribution in [0.15, 0.2) is 35.7 Å². The monoisotopic (exact) mass is 266 g/mol. The van der Waals surface area contributed by atoms with Crippen molar-refractivity contribution in [3.63, 3.8) is 0 Å². The van der Waals surface area contributed by atoms with E-state index in [2.05, 4.69) is 10.3 Å². The van der Waals surface area contributed by atoms with E-state index in [1.165, 1.54) is 11.3 Å². The molecule has 0 aliphatic heterocycles. The Morgan fingerprint density at radius 1 is 1.24 bits per heavy atom. The number of aromatic nitrogens is 1. The quantitative estimate of drug-likeness (QED) is 0.686. The van der Waals surface area contributed by atoms with Gasteiger partial charge in [0.2, 0.25) is 0 Å². The number of nitrogens with one attached hydrogen (secondary N) is 1. The highest BCUT2D eigenvalue weighted by Crippen LogP contribution is 2.24. The van der Waals surface area contributed by atoms with Crippen LogP contribution in [0.3, 0.4) is 0 Å². The highest BCUT2D eigenvalue weighted by molar-refractivity contribution is 7.14. The molecule has 0 saturated heterocycles. The number of anilines is 1. The van der Waals surface area contributed by atoms with Gasteiger partial charge in [0.05, 0.1) is 5.69 Å². The predicted molar refractivity (Wildman–Crippen MR) is 67.0 cm³/mol. The third-order valence-corrected chi connectivity index (χ3v) is 2.90. The van der Waals surface area contributed by atoms with Crippen LogP contribution in [-0.4, -0.2) is 16.1 Å². The van der Waals surface area contributed by atoms with Gasteiger partial charge in [-0.15, -0.1) is 11.3 Å². The van der Waals surface area contributed by atoms with Crippen molar-refractivity contribution in [2.75, 3.05) is 5.32 Å². The number of hydrogen-bond donors (Lipinski definition) is 1. The van der Waals surface area contributed by atoms with E-state index in [0.717, 1.165) is 11.3 Å². The molecule has 17 heavy (non-hydrogen) atoms. The van der Waals surface area contributed by atoms with E-state index in [4.69, 9.17) is 11.6 Å². The van der Waals surface area contributed by atoms with E-state index in [1.54, 1.807) is 5.38 Å². The summed E-state index contributed by atoms with van der Waals surface area (Å²) < 4.78 is 0. The molecule has 0 aliphatic carbocycles. The molecule has 0 saturated carbocycles. The lowest BCUT2D eigenvalue weighted by Crippen LogP contribution is -2.17. The maximum absolute atomic E-state index is 11.0. The summed E-state index contributed by atoms with van der Waals surface area (Å²) >= 11 is 6.26. The van der Waals surface area contributed by atoms with Gasteiger partial charge in [-0.25, -0.2) is 4.98 Å². The fraction of sp³-hybridized carbons (Fsp3) is 0. The lowest BCUT2D eigenvalue weighted by molar-refractivity contribution is -0.130. The van der Waals surface area contributed by atoms with Gasteiger partial charge in [0.25, 0.3) is 0 Å². The van der Waals surface area contributed by atoms with Crippen molar-refractivity contribution in [3.05, 3.63) is 35.7 Å². The Bertz CT molecular complexity index is 554. The number of carbonyl (C=O) groups excluding carboxylic acids is 2. The molecule has 0 spiro atoms. The molecule has 0 fully saturated rings. The fourth-order valence-corrected chi connectivity index (χ4v) is 1.98. The number of hydrogen-bond acceptors (Lipinski definition) is 4. The Morgan fingerprint density at radius 2 is 1.94 bits per heavy atom.